The smallest absolute Gasteiger partial charge is 0.304 e. The monoisotopic (exact) mass is 458 g/mol. The number of carboxylic acids is 1. The molecule has 1 atom stereocenters. The molecule has 0 spiro atoms. The first kappa shape index (κ1) is 22.4. The van der Waals surface area contributed by atoms with Crippen LogP contribution in [0.5, 0.6) is 17.2 Å². The third-order valence-corrected chi connectivity index (χ3v) is 5.43. The van der Waals surface area contributed by atoms with Crippen LogP contribution in [-0.2, 0) is 11.4 Å². The van der Waals surface area contributed by atoms with Crippen LogP contribution in [0.1, 0.15) is 29.0 Å². The lowest BCUT2D eigenvalue weighted by atomic mass is 9.88. The number of rotatable bonds is 9. The van der Waals surface area contributed by atoms with Crippen LogP contribution in [0, 0.1) is 0 Å². The number of ether oxygens (including phenoxy) is 2. The lowest BCUT2D eigenvalue weighted by Crippen LogP contribution is -2.08. The summed E-state index contributed by atoms with van der Waals surface area (Å²) in [4.78, 5) is 11.4. The summed E-state index contributed by atoms with van der Waals surface area (Å²) < 4.78 is 11.8. The SMILES string of the molecule is O=C(O)CC(c1ccc(OCc2cccc(Oc3ccccc3)c2)cc1)c1cccc(Cl)c1. The minimum absolute atomic E-state index is 0.0191. The van der Waals surface area contributed by atoms with Gasteiger partial charge >= 0.3 is 5.97 Å². The van der Waals surface area contributed by atoms with Crippen LogP contribution in [0.25, 0.3) is 0 Å². The second-order valence-electron chi connectivity index (χ2n) is 7.63. The lowest BCUT2D eigenvalue weighted by molar-refractivity contribution is -0.137. The van der Waals surface area contributed by atoms with Crippen molar-refractivity contribution in [2.45, 2.75) is 18.9 Å². The van der Waals surface area contributed by atoms with E-state index < -0.39 is 5.97 Å². The summed E-state index contributed by atoms with van der Waals surface area (Å²) in [5, 5.41) is 9.97. The van der Waals surface area contributed by atoms with Gasteiger partial charge in [0.05, 0.1) is 6.42 Å². The van der Waals surface area contributed by atoms with Crippen LogP contribution < -0.4 is 9.47 Å². The highest BCUT2D eigenvalue weighted by Crippen LogP contribution is 2.31. The van der Waals surface area contributed by atoms with Crippen molar-refractivity contribution in [3.8, 4) is 17.2 Å². The number of benzene rings is 4. The van der Waals surface area contributed by atoms with E-state index in [9.17, 15) is 9.90 Å². The standard InChI is InChI=1S/C28H23ClO4/c29-23-8-5-7-22(17-23)27(18-28(30)31)21-12-14-24(15-13-21)32-19-20-6-4-11-26(16-20)33-25-9-2-1-3-10-25/h1-17,27H,18-19H2,(H,30,31). The van der Waals surface area contributed by atoms with Crippen LogP contribution in [-0.4, -0.2) is 11.1 Å². The first-order valence-electron chi connectivity index (χ1n) is 10.6. The van der Waals surface area contributed by atoms with E-state index >= 15 is 0 Å². The molecule has 0 radical (unpaired) electrons. The van der Waals surface area contributed by atoms with Gasteiger partial charge in [-0.3, -0.25) is 4.79 Å². The van der Waals surface area contributed by atoms with Crippen molar-refractivity contribution >= 4 is 17.6 Å². The van der Waals surface area contributed by atoms with Gasteiger partial charge in [0.1, 0.15) is 23.9 Å². The molecule has 166 valence electrons. The zero-order valence-electron chi connectivity index (χ0n) is 17.9. The Bertz CT molecular complexity index is 1210. The summed E-state index contributed by atoms with van der Waals surface area (Å²) in [5.74, 6) is 1.07. The van der Waals surface area contributed by atoms with Gasteiger partial charge < -0.3 is 14.6 Å². The van der Waals surface area contributed by atoms with Gasteiger partial charge in [0.2, 0.25) is 0 Å². The minimum atomic E-state index is -0.863. The Morgan fingerprint density at radius 2 is 1.48 bits per heavy atom. The Morgan fingerprint density at radius 3 is 2.21 bits per heavy atom. The van der Waals surface area contributed by atoms with Gasteiger partial charge in [-0.2, -0.15) is 0 Å². The van der Waals surface area contributed by atoms with Crippen molar-refractivity contribution in [2.75, 3.05) is 0 Å². The van der Waals surface area contributed by atoms with Crippen LogP contribution in [0.2, 0.25) is 5.02 Å². The van der Waals surface area contributed by atoms with Gasteiger partial charge in [0.25, 0.3) is 0 Å². The zero-order valence-corrected chi connectivity index (χ0v) is 18.6. The van der Waals surface area contributed by atoms with Crippen molar-refractivity contribution in [1.82, 2.24) is 0 Å². The molecule has 0 aliphatic heterocycles. The number of hydrogen-bond donors (Lipinski definition) is 1. The molecule has 4 nitrogen and oxygen atoms in total. The number of aliphatic carboxylic acids is 1. The largest absolute Gasteiger partial charge is 0.489 e. The third kappa shape index (κ3) is 6.37. The second kappa shape index (κ2) is 10.7. The van der Waals surface area contributed by atoms with Crippen LogP contribution >= 0.6 is 11.6 Å². The van der Waals surface area contributed by atoms with E-state index in [1.807, 2.05) is 97.1 Å². The molecule has 0 bridgehead atoms. The van der Waals surface area contributed by atoms with Crippen LogP contribution in [0.15, 0.2) is 103 Å². The molecule has 5 heteroatoms. The highest BCUT2D eigenvalue weighted by atomic mass is 35.5. The average Bonchev–Trinajstić information content (AvgIpc) is 2.82. The van der Waals surface area contributed by atoms with Gasteiger partial charge in [-0.15, -0.1) is 0 Å². The molecule has 1 unspecified atom stereocenters. The summed E-state index contributed by atoms with van der Waals surface area (Å²) in [6.45, 7) is 0.387. The normalized spacial score (nSPS) is 11.5. The summed E-state index contributed by atoms with van der Waals surface area (Å²) in [5.41, 5.74) is 2.74. The third-order valence-electron chi connectivity index (χ3n) is 5.20. The maximum atomic E-state index is 11.4. The first-order valence-corrected chi connectivity index (χ1v) is 11.0. The maximum Gasteiger partial charge on any atom is 0.304 e. The number of carbonyl (C=O) groups is 1. The molecule has 0 aliphatic carbocycles. The molecule has 0 fully saturated rings. The lowest BCUT2D eigenvalue weighted by Gasteiger charge is -2.17. The molecule has 4 aromatic rings. The minimum Gasteiger partial charge on any atom is -0.489 e. The molecule has 0 aromatic heterocycles. The van der Waals surface area contributed by atoms with Crippen LogP contribution in [0.4, 0.5) is 0 Å². The van der Waals surface area contributed by atoms with E-state index in [1.165, 1.54) is 0 Å². The molecule has 0 amide bonds. The second-order valence-corrected chi connectivity index (χ2v) is 8.06. The fourth-order valence-corrected chi connectivity index (χ4v) is 3.81. The fraction of sp³-hybridized carbons (Fsp3) is 0.107. The number of halogens is 1. The van der Waals surface area contributed by atoms with E-state index in [0.717, 1.165) is 28.2 Å². The quantitative estimate of drug-likeness (QED) is 0.285. The molecule has 4 rings (SSSR count). The molecule has 0 heterocycles. The molecule has 0 saturated heterocycles. The molecule has 4 aromatic carbocycles. The van der Waals surface area contributed by atoms with Crippen molar-refractivity contribution in [3.05, 3.63) is 125 Å². The molecule has 33 heavy (non-hydrogen) atoms. The summed E-state index contributed by atoms with van der Waals surface area (Å²) in [6.07, 6.45) is -0.0191. The molecule has 0 saturated carbocycles. The topological polar surface area (TPSA) is 55.8 Å². The number of carboxylic acid groups (broad SMARTS) is 1. The van der Waals surface area contributed by atoms with E-state index in [2.05, 4.69) is 0 Å². The average molecular weight is 459 g/mol. The van der Waals surface area contributed by atoms with Crippen LogP contribution in [0.3, 0.4) is 0 Å². The molecular weight excluding hydrogens is 436 g/mol. The van der Waals surface area contributed by atoms with E-state index in [-0.39, 0.29) is 12.3 Å². The molecule has 0 aliphatic rings. The van der Waals surface area contributed by atoms with Gasteiger partial charge in [-0.25, -0.2) is 0 Å². The predicted octanol–water partition coefficient (Wildman–Crippen LogP) is 7.32. The fourth-order valence-electron chi connectivity index (χ4n) is 3.61. The zero-order chi connectivity index (χ0) is 23.0. The highest BCUT2D eigenvalue weighted by Gasteiger charge is 2.18. The Labute approximate surface area is 198 Å². The van der Waals surface area contributed by atoms with E-state index in [0.29, 0.717) is 17.4 Å². The van der Waals surface area contributed by atoms with Crippen molar-refractivity contribution in [1.29, 1.82) is 0 Å². The number of para-hydroxylation sites is 1. The van der Waals surface area contributed by atoms with Gasteiger partial charge in [-0.1, -0.05) is 66.2 Å². The maximum absolute atomic E-state index is 11.4. The Hall–Kier alpha value is -3.76. The van der Waals surface area contributed by atoms with Crippen molar-refractivity contribution in [2.24, 2.45) is 0 Å². The highest BCUT2D eigenvalue weighted by molar-refractivity contribution is 6.30. The van der Waals surface area contributed by atoms with Gasteiger partial charge in [-0.05, 0) is 65.2 Å². The first-order chi connectivity index (χ1) is 16.1. The van der Waals surface area contributed by atoms with E-state index in [4.69, 9.17) is 21.1 Å². The molecular formula is C28H23ClO4. The Balaban J connectivity index is 1.43. The van der Waals surface area contributed by atoms with Crippen molar-refractivity contribution in [3.63, 3.8) is 0 Å². The predicted molar refractivity (Wildman–Crippen MR) is 129 cm³/mol. The van der Waals surface area contributed by atoms with Gasteiger partial charge in [0.15, 0.2) is 0 Å². The Morgan fingerprint density at radius 1 is 0.758 bits per heavy atom. The summed E-state index contributed by atoms with van der Waals surface area (Å²) >= 11 is 6.12. The van der Waals surface area contributed by atoms with E-state index in [1.54, 1.807) is 6.07 Å². The number of hydrogen-bond acceptors (Lipinski definition) is 3. The van der Waals surface area contributed by atoms with Crippen molar-refractivity contribution < 1.29 is 19.4 Å². The molecule has 1 N–H and O–H groups in total. The summed E-state index contributed by atoms with van der Waals surface area (Å²) in [6, 6.07) is 32.2. The van der Waals surface area contributed by atoms with Gasteiger partial charge in [0, 0.05) is 10.9 Å². The Kier molecular flexibility index (Phi) is 7.28. The summed E-state index contributed by atoms with van der Waals surface area (Å²) in [7, 11) is 0.